The van der Waals surface area contributed by atoms with Crippen molar-refractivity contribution in [3.63, 3.8) is 0 Å². The summed E-state index contributed by atoms with van der Waals surface area (Å²) in [6, 6.07) is 0. The van der Waals surface area contributed by atoms with Crippen molar-refractivity contribution in [1.82, 2.24) is 10.6 Å². The monoisotopic (exact) mass is 363 g/mol. The van der Waals surface area contributed by atoms with Crippen LogP contribution in [-0.2, 0) is 9.84 Å². The predicted octanol–water partition coefficient (Wildman–Crippen LogP) is 1.80. The van der Waals surface area contributed by atoms with Gasteiger partial charge in [0.15, 0.2) is 5.96 Å². The van der Waals surface area contributed by atoms with Gasteiger partial charge in [-0.15, -0.1) is 0 Å². The Bertz CT molecular complexity index is 456. The van der Waals surface area contributed by atoms with E-state index in [0.29, 0.717) is 18.9 Å². The van der Waals surface area contributed by atoms with Crippen molar-refractivity contribution >= 4 is 15.8 Å². The average Bonchev–Trinajstić information content (AvgIpc) is 2.48. The highest BCUT2D eigenvalue weighted by atomic mass is 32.2. The van der Waals surface area contributed by atoms with E-state index >= 15 is 0 Å². The number of aliphatic imine (C=N–C) groups is 1. The van der Waals surface area contributed by atoms with Crippen LogP contribution in [0.2, 0.25) is 0 Å². The highest BCUT2D eigenvalue weighted by Crippen LogP contribution is 2.21. The first-order valence-electron chi connectivity index (χ1n) is 8.94. The minimum Gasteiger partial charge on any atom is -0.396 e. The van der Waals surface area contributed by atoms with Gasteiger partial charge in [0.2, 0.25) is 0 Å². The van der Waals surface area contributed by atoms with E-state index in [0.717, 1.165) is 38.3 Å². The molecule has 1 unspecified atom stereocenters. The topological polar surface area (TPSA) is 90.8 Å². The Hall–Kier alpha value is -0.820. The lowest BCUT2D eigenvalue weighted by molar-refractivity contribution is 0.251. The molecule has 0 aliphatic rings. The SMILES string of the molecule is CCCC(CCO)CNC(=NCC(C)(C)CCS(C)(=O)=O)NCC. The zero-order chi connectivity index (χ0) is 18.6. The fraction of sp³-hybridized carbons (Fsp3) is 0.941. The van der Waals surface area contributed by atoms with Crippen LogP contribution in [0.4, 0.5) is 0 Å². The van der Waals surface area contributed by atoms with Gasteiger partial charge in [-0.3, -0.25) is 4.99 Å². The molecule has 0 radical (unpaired) electrons. The van der Waals surface area contributed by atoms with E-state index in [1.54, 1.807) is 0 Å². The zero-order valence-corrected chi connectivity index (χ0v) is 16.9. The maximum absolute atomic E-state index is 11.3. The van der Waals surface area contributed by atoms with Gasteiger partial charge in [0.1, 0.15) is 9.84 Å². The van der Waals surface area contributed by atoms with Crippen LogP contribution in [0.25, 0.3) is 0 Å². The van der Waals surface area contributed by atoms with E-state index in [-0.39, 0.29) is 17.8 Å². The molecule has 0 aromatic rings. The second kappa shape index (κ2) is 11.7. The summed E-state index contributed by atoms with van der Waals surface area (Å²) in [4.78, 5) is 4.62. The van der Waals surface area contributed by atoms with Crippen LogP contribution < -0.4 is 10.6 Å². The summed E-state index contributed by atoms with van der Waals surface area (Å²) in [5.41, 5.74) is -0.167. The lowest BCUT2D eigenvalue weighted by Crippen LogP contribution is -2.40. The number of rotatable bonds is 12. The maximum Gasteiger partial charge on any atom is 0.191 e. The number of hydrogen-bond donors (Lipinski definition) is 3. The first kappa shape index (κ1) is 23.2. The van der Waals surface area contributed by atoms with Crippen molar-refractivity contribution in [1.29, 1.82) is 0 Å². The van der Waals surface area contributed by atoms with E-state index in [4.69, 9.17) is 5.11 Å². The summed E-state index contributed by atoms with van der Waals surface area (Å²) in [6.07, 6.45) is 4.83. The molecule has 0 heterocycles. The predicted molar refractivity (Wildman–Crippen MR) is 102 cm³/mol. The summed E-state index contributed by atoms with van der Waals surface area (Å²) in [7, 11) is -2.94. The quantitative estimate of drug-likeness (QED) is 0.363. The van der Waals surface area contributed by atoms with Crippen molar-refractivity contribution in [3.8, 4) is 0 Å². The van der Waals surface area contributed by atoms with Crippen LogP contribution in [0.3, 0.4) is 0 Å². The van der Waals surface area contributed by atoms with E-state index in [2.05, 4.69) is 22.5 Å². The number of aliphatic hydroxyl groups is 1. The molecule has 0 saturated carbocycles. The first-order chi connectivity index (χ1) is 11.1. The van der Waals surface area contributed by atoms with Crippen molar-refractivity contribution in [3.05, 3.63) is 0 Å². The molecule has 0 aliphatic carbocycles. The zero-order valence-electron chi connectivity index (χ0n) is 16.1. The normalized spacial score (nSPS) is 14.5. The molecule has 3 N–H and O–H groups in total. The molecule has 0 spiro atoms. The molecular formula is C17H37N3O3S. The summed E-state index contributed by atoms with van der Waals surface area (Å²) in [5.74, 6) is 1.38. The maximum atomic E-state index is 11.3. The van der Waals surface area contributed by atoms with E-state index in [1.165, 1.54) is 6.26 Å². The van der Waals surface area contributed by atoms with Gasteiger partial charge in [-0.25, -0.2) is 8.42 Å². The molecule has 0 amide bonds. The van der Waals surface area contributed by atoms with E-state index in [9.17, 15) is 8.42 Å². The standard InChI is InChI=1S/C17H37N3O3S/c1-6-8-15(9-11-21)13-19-16(18-7-2)20-14-17(3,4)10-12-24(5,22)23/h15,21H,6-14H2,1-5H3,(H2,18,19,20). The Morgan fingerprint density at radius 2 is 1.88 bits per heavy atom. The molecule has 24 heavy (non-hydrogen) atoms. The molecule has 0 aromatic carbocycles. The van der Waals surface area contributed by atoms with E-state index < -0.39 is 9.84 Å². The molecule has 6 nitrogen and oxygen atoms in total. The Kier molecular flexibility index (Phi) is 11.3. The average molecular weight is 364 g/mol. The molecule has 0 aliphatic heterocycles. The molecule has 0 bridgehead atoms. The molecule has 0 saturated heterocycles. The molecule has 0 aromatic heterocycles. The van der Waals surface area contributed by atoms with Crippen molar-refractivity contribution in [2.45, 2.75) is 53.4 Å². The lowest BCUT2D eigenvalue weighted by Gasteiger charge is -2.23. The Morgan fingerprint density at radius 3 is 2.38 bits per heavy atom. The third-order valence-corrected chi connectivity index (χ3v) is 4.90. The number of nitrogens with one attached hydrogen (secondary N) is 2. The van der Waals surface area contributed by atoms with Gasteiger partial charge >= 0.3 is 0 Å². The van der Waals surface area contributed by atoms with Crippen LogP contribution in [0.15, 0.2) is 4.99 Å². The number of hydrogen-bond acceptors (Lipinski definition) is 4. The van der Waals surface area contributed by atoms with Crippen molar-refractivity contribution in [2.24, 2.45) is 16.3 Å². The minimum atomic E-state index is -2.94. The molecule has 1 atom stereocenters. The Balaban J connectivity index is 4.64. The highest BCUT2D eigenvalue weighted by molar-refractivity contribution is 7.90. The van der Waals surface area contributed by atoms with Crippen LogP contribution in [0, 0.1) is 11.3 Å². The lowest BCUT2D eigenvalue weighted by atomic mass is 9.90. The second-order valence-electron chi connectivity index (χ2n) is 7.29. The third kappa shape index (κ3) is 12.6. The van der Waals surface area contributed by atoms with Crippen LogP contribution in [0.5, 0.6) is 0 Å². The second-order valence-corrected chi connectivity index (χ2v) is 9.55. The highest BCUT2D eigenvalue weighted by Gasteiger charge is 2.20. The van der Waals surface area contributed by atoms with Gasteiger partial charge in [-0.05, 0) is 37.5 Å². The summed E-state index contributed by atoms with van der Waals surface area (Å²) in [6.45, 7) is 10.6. The smallest absolute Gasteiger partial charge is 0.191 e. The third-order valence-electron chi connectivity index (χ3n) is 3.95. The molecule has 7 heteroatoms. The fourth-order valence-electron chi connectivity index (χ4n) is 2.36. The van der Waals surface area contributed by atoms with Gasteiger partial charge < -0.3 is 15.7 Å². The summed E-state index contributed by atoms with van der Waals surface area (Å²) < 4.78 is 22.7. The van der Waals surface area contributed by atoms with Gasteiger partial charge in [-0.1, -0.05) is 27.2 Å². The molecular weight excluding hydrogens is 326 g/mol. The first-order valence-corrected chi connectivity index (χ1v) is 11.0. The van der Waals surface area contributed by atoms with E-state index in [1.807, 2.05) is 20.8 Å². The number of sulfone groups is 1. The number of aliphatic hydroxyl groups excluding tert-OH is 1. The van der Waals surface area contributed by atoms with Crippen LogP contribution >= 0.6 is 0 Å². The van der Waals surface area contributed by atoms with Gasteiger partial charge in [0.25, 0.3) is 0 Å². The van der Waals surface area contributed by atoms with Gasteiger partial charge in [0.05, 0.1) is 5.75 Å². The molecule has 0 rings (SSSR count). The summed E-state index contributed by atoms with van der Waals surface area (Å²) >= 11 is 0. The molecule has 0 fully saturated rings. The minimum absolute atomic E-state index is 0.167. The Morgan fingerprint density at radius 1 is 1.21 bits per heavy atom. The Labute approximate surface area is 148 Å². The van der Waals surface area contributed by atoms with Crippen molar-refractivity contribution in [2.75, 3.05) is 38.2 Å². The van der Waals surface area contributed by atoms with Crippen LogP contribution in [0.1, 0.15) is 53.4 Å². The molecule has 144 valence electrons. The number of nitrogens with zero attached hydrogens (tertiary/aromatic N) is 1. The largest absolute Gasteiger partial charge is 0.396 e. The van der Waals surface area contributed by atoms with Crippen LogP contribution in [-0.4, -0.2) is 57.7 Å². The fourth-order valence-corrected chi connectivity index (χ4v) is 3.28. The van der Waals surface area contributed by atoms with Crippen molar-refractivity contribution < 1.29 is 13.5 Å². The van der Waals surface area contributed by atoms with Gasteiger partial charge in [-0.2, -0.15) is 0 Å². The number of guanidine groups is 1. The summed E-state index contributed by atoms with van der Waals surface area (Å²) in [5, 5.41) is 15.7. The van der Waals surface area contributed by atoms with Gasteiger partial charge in [0, 0.05) is 32.5 Å².